The molecule has 1 aromatic heterocycles. The Hall–Kier alpha value is -1.62. The predicted octanol–water partition coefficient (Wildman–Crippen LogP) is 4.16. The normalized spacial score (nSPS) is 12.2. The number of carbonyl (C=O) groups excluding carboxylic acids is 1. The van der Waals surface area contributed by atoms with Gasteiger partial charge in [-0.25, -0.2) is 0 Å². The van der Waals surface area contributed by atoms with E-state index in [9.17, 15) is 4.79 Å². The molecule has 21 heavy (non-hydrogen) atoms. The van der Waals surface area contributed by atoms with Crippen molar-refractivity contribution in [1.82, 2.24) is 9.78 Å². The van der Waals surface area contributed by atoms with E-state index in [1.165, 1.54) is 5.56 Å². The van der Waals surface area contributed by atoms with Crippen LogP contribution >= 0.6 is 15.9 Å². The molecule has 4 nitrogen and oxygen atoms in total. The Labute approximate surface area is 133 Å². The molecule has 0 aliphatic heterocycles. The van der Waals surface area contributed by atoms with E-state index in [2.05, 4.69) is 33.3 Å². The highest BCUT2D eigenvalue weighted by Crippen LogP contribution is 2.20. The number of nitrogens with one attached hydrogen (secondary N) is 1. The number of nitrogens with zero attached hydrogens (tertiary/aromatic N) is 2. The van der Waals surface area contributed by atoms with Crippen LogP contribution in [0.3, 0.4) is 0 Å². The average Bonchev–Trinajstić information content (AvgIpc) is 2.69. The molecular weight excluding hydrogens is 330 g/mol. The lowest BCUT2D eigenvalue weighted by Gasteiger charge is -2.14. The van der Waals surface area contributed by atoms with Crippen LogP contribution in [-0.2, 0) is 4.79 Å². The molecule has 1 aromatic carbocycles. The van der Waals surface area contributed by atoms with Gasteiger partial charge in [0.1, 0.15) is 0 Å². The standard InChI is InChI=1S/C16H20BrN3O/c1-10(20-13(4)11(2)12(3)19-20)9-16(21)18-15-7-5-14(17)6-8-15/h5-8,10H,9H2,1-4H3,(H,18,21). The van der Waals surface area contributed by atoms with Crippen LogP contribution < -0.4 is 5.32 Å². The van der Waals surface area contributed by atoms with E-state index in [0.717, 1.165) is 21.5 Å². The Morgan fingerprint density at radius 3 is 2.43 bits per heavy atom. The van der Waals surface area contributed by atoms with Crippen molar-refractivity contribution in [3.05, 3.63) is 45.7 Å². The molecule has 1 N–H and O–H groups in total. The second-order valence-electron chi connectivity index (χ2n) is 5.35. The molecule has 0 saturated heterocycles. The minimum Gasteiger partial charge on any atom is -0.326 e. The maximum absolute atomic E-state index is 12.1. The van der Waals surface area contributed by atoms with Gasteiger partial charge in [-0.3, -0.25) is 9.48 Å². The minimum absolute atomic E-state index is 0.00460. The van der Waals surface area contributed by atoms with Crippen LogP contribution in [0.4, 0.5) is 5.69 Å². The maximum Gasteiger partial charge on any atom is 0.226 e. The lowest BCUT2D eigenvalue weighted by atomic mass is 10.2. The SMILES string of the molecule is Cc1nn(C(C)CC(=O)Nc2ccc(Br)cc2)c(C)c1C. The molecule has 0 bridgehead atoms. The highest BCUT2D eigenvalue weighted by molar-refractivity contribution is 9.10. The van der Waals surface area contributed by atoms with Gasteiger partial charge in [-0.1, -0.05) is 15.9 Å². The molecular formula is C16H20BrN3O. The molecule has 1 unspecified atom stereocenters. The Morgan fingerprint density at radius 1 is 1.29 bits per heavy atom. The summed E-state index contributed by atoms with van der Waals surface area (Å²) in [5.41, 5.74) is 4.14. The first-order chi connectivity index (χ1) is 9.88. The van der Waals surface area contributed by atoms with Gasteiger partial charge in [0, 0.05) is 22.3 Å². The lowest BCUT2D eigenvalue weighted by Crippen LogP contribution is -2.19. The second kappa shape index (κ2) is 6.43. The fourth-order valence-corrected chi connectivity index (χ4v) is 2.54. The second-order valence-corrected chi connectivity index (χ2v) is 6.26. The van der Waals surface area contributed by atoms with Gasteiger partial charge in [-0.2, -0.15) is 5.10 Å². The Kier molecular flexibility index (Phi) is 4.83. The van der Waals surface area contributed by atoms with Crippen LogP contribution in [0.15, 0.2) is 28.7 Å². The van der Waals surface area contributed by atoms with Crippen LogP contribution in [0.25, 0.3) is 0 Å². The van der Waals surface area contributed by atoms with E-state index in [-0.39, 0.29) is 11.9 Å². The van der Waals surface area contributed by atoms with Gasteiger partial charge in [0.25, 0.3) is 0 Å². The fraction of sp³-hybridized carbons (Fsp3) is 0.375. The summed E-state index contributed by atoms with van der Waals surface area (Å²) in [6, 6.07) is 7.60. The van der Waals surface area contributed by atoms with Crippen molar-refractivity contribution in [1.29, 1.82) is 0 Å². The van der Waals surface area contributed by atoms with Gasteiger partial charge >= 0.3 is 0 Å². The van der Waals surface area contributed by atoms with Crippen LogP contribution in [-0.4, -0.2) is 15.7 Å². The number of aromatic nitrogens is 2. The van der Waals surface area contributed by atoms with Gasteiger partial charge in [0.05, 0.1) is 11.7 Å². The third-order valence-electron chi connectivity index (χ3n) is 3.71. The highest BCUT2D eigenvalue weighted by Gasteiger charge is 2.16. The molecule has 0 fully saturated rings. The smallest absolute Gasteiger partial charge is 0.226 e. The van der Waals surface area contributed by atoms with Gasteiger partial charge in [-0.05, 0) is 57.5 Å². The van der Waals surface area contributed by atoms with E-state index < -0.39 is 0 Å². The topological polar surface area (TPSA) is 46.9 Å². The average molecular weight is 350 g/mol. The van der Waals surface area contributed by atoms with E-state index in [4.69, 9.17) is 0 Å². The summed E-state index contributed by atoms with van der Waals surface area (Å²) in [6.07, 6.45) is 0.400. The molecule has 1 atom stereocenters. The van der Waals surface area contributed by atoms with Crippen molar-refractivity contribution < 1.29 is 4.79 Å². The van der Waals surface area contributed by atoms with Crippen molar-refractivity contribution >= 4 is 27.5 Å². The molecule has 2 rings (SSSR count). The summed E-state index contributed by atoms with van der Waals surface area (Å²) in [6.45, 7) is 8.11. The molecule has 112 valence electrons. The van der Waals surface area contributed by atoms with Gasteiger partial charge < -0.3 is 5.32 Å². The number of amides is 1. The number of halogens is 1. The van der Waals surface area contributed by atoms with E-state index in [1.54, 1.807) is 0 Å². The van der Waals surface area contributed by atoms with Crippen molar-refractivity contribution in [2.45, 2.75) is 40.2 Å². The van der Waals surface area contributed by atoms with E-state index >= 15 is 0 Å². The quantitative estimate of drug-likeness (QED) is 0.900. The number of benzene rings is 1. The first-order valence-electron chi connectivity index (χ1n) is 6.96. The Balaban J connectivity index is 2.01. The summed E-state index contributed by atoms with van der Waals surface area (Å²) in [7, 11) is 0. The van der Waals surface area contributed by atoms with Crippen LogP contribution in [0.2, 0.25) is 0 Å². The van der Waals surface area contributed by atoms with Crippen LogP contribution in [0.5, 0.6) is 0 Å². The third kappa shape index (κ3) is 3.73. The minimum atomic E-state index is -0.00460. The first kappa shape index (κ1) is 15.8. The molecule has 1 heterocycles. The zero-order chi connectivity index (χ0) is 15.6. The number of carbonyl (C=O) groups is 1. The molecule has 0 aliphatic rings. The molecule has 0 saturated carbocycles. The van der Waals surface area contributed by atoms with Crippen LogP contribution in [0, 0.1) is 20.8 Å². The summed E-state index contributed by atoms with van der Waals surface area (Å²) in [4.78, 5) is 12.1. The van der Waals surface area contributed by atoms with Gasteiger partial charge in [0.15, 0.2) is 0 Å². The van der Waals surface area contributed by atoms with Crippen molar-refractivity contribution in [3.8, 4) is 0 Å². The number of hydrogen-bond donors (Lipinski definition) is 1. The Bertz CT molecular complexity index is 646. The molecule has 2 aromatic rings. The fourth-order valence-electron chi connectivity index (χ4n) is 2.27. The van der Waals surface area contributed by atoms with Crippen molar-refractivity contribution in [2.24, 2.45) is 0 Å². The molecule has 0 aliphatic carbocycles. The lowest BCUT2D eigenvalue weighted by molar-refractivity contribution is -0.116. The highest BCUT2D eigenvalue weighted by atomic mass is 79.9. The number of anilines is 1. The zero-order valence-electron chi connectivity index (χ0n) is 12.8. The summed E-state index contributed by atoms with van der Waals surface area (Å²) < 4.78 is 2.93. The molecule has 5 heteroatoms. The number of rotatable bonds is 4. The summed E-state index contributed by atoms with van der Waals surface area (Å²) in [5.74, 6) is -0.00460. The predicted molar refractivity (Wildman–Crippen MR) is 88.5 cm³/mol. The summed E-state index contributed by atoms with van der Waals surface area (Å²) >= 11 is 3.38. The van der Waals surface area contributed by atoms with Crippen molar-refractivity contribution in [3.63, 3.8) is 0 Å². The Morgan fingerprint density at radius 2 is 1.90 bits per heavy atom. The number of aryl methyl sites for hydroxylation is 1. The summed E-state index contributed by atoms with van der Waals surface area (Å²) in [5, 5.41) is 7.42. The first-order valence-corrected chi connectivity index (χ1v) is 7.75. The molecule has 1 amide bonds. The largest absolute Gasteiger partial charge is 0.326 e. The van der Waals surface area contributed by atoms with E-state index in [0.29, 0.717) is 6.42 Å². The maximum atomic E-state index is 12.1. The van der Waals surface area contributed by atoms with Crippen molar-refractivity contribution in [2.75, 3.05) is 5.32 Å². The third-order valence-corrected chi connectivity index (χ3v) is 4.24. The monoisotopic (exact) mass is 349 g/mol. The zero-order valence-corrected chi connectivity index (χ0v) is 14.4. The van der Waals surface area contributed by atoms with Gasteiger partial charge in [0.2, 0.25) is 5.91 Å². The molecule has 0 spiro atoms. The number of hydrogen-bond acceptors (Lipinski definition) is 2. The van der Waals surface area contributed by atoms with Gasteiger partial charge in [-0.15, -0.1) is 0 Å². The molecule has 0 radical (unpaired) electrons. The van der Waals surface area contributed by atoms with Crippen LogP contribution in [0.1, 0.15) is 36.3 Å². The van der Waals surface area contributed by atoms with E-state index in [1.807, 2.05) is 49.7 Å².